The molecule has 17 aromatic carbocycles. The Morgan fingerprint density at radius 3 is 0.965 bits per heavy atom. The van der Waals surface area contributed by atoms with E-state index in [1.54, 1.807) is 22.7 Å². The molecule has 23 aromatic rings. The van der Waals surface area contributed by atoms with Crippen LogP contribution in [0, 0.1) is 0 Å². The van der Waals surface area contributed by atoms with E-state index in [2.05, 4.69) is 339 Å². The predicted molar refractivity (Wildman–Crippen MR) is 472 cm³/mol. The van der Waals surface area contributed by atoms with Crippen LogP contribution in [0.5, 0.6) is 0 Å². The van der Waals surface area contributed by atoms with Crippen LogP contribution in [0.4, 0.5) is 16.5 Å². The first kappa shape index (κ1) is 65.6. The van der Waals surface area contributed by atoms with Crippen molar-refractivity contribution in [2.75, 3.05) is 4.90 Å². The molecule has 0 aliphatic rings. The Labute approximate surface area is 657 Å². The molecule has 0 atom stereocenters. The SMILES string of the molecule is c1ccc(-c2nc3c(-c4ccc(-c5cccc6c5oc5ccccc56)cc4)ccc(-c4ccc(-c5cccc6c5oc5ccccc56)cc4)c3s2)cc1.c1ccc(N(c2ccccc2)c2nc3c(-c4ccc(-c5ccc6oc7ccccc7c6c5)cc4)ccc(-c4ccc(-c5ccc6oc7ccccc7c6c5)cc4)c3s2)cc1. The molecular formula is C104H63N3O4S2. The summed E-state index contributed by atoms with van der Waals surface area (Å²) in [6.45, 7) is 0. The van der Waals surface area contributed by atoms with E-state index < -0.39 is 0 Å². The van der Waals surface area contributed by atoms with Gasteiger partial charge in [-0.15, -0.1) is 11.3 Å². The normalized spacial score (nSPS) is 11.7. The second kappa shape index (κ2) is 27.3. The molecule has 0 amide bonds. The van der Waals surface area contributed by atoms with Gasteiger partial charge in [0.1, 0.15) is 49.7 Å². The van der Waals surface area contributed by atoms with Crippen molar-refractivity contribution < 1.29 is 17.7 Å². The smallest absolute Gasteiger partial charge is 0.195 e. The first-order valence-corrected chi connectivity index (χ1v) is 39.5. The van der Waals surface area contributed by atoms with Crippen LogP contribution < -0.4 is 4.90 Å². The van der Waals surface area contributed by atoms with Crippen molar-refractivity contribution in [1.82, 2.24) is 9.97 Å². The molecule has 0 aliphatic heterocycles. The van der Waals surface area contributed by atoms with Gasteiger partial charge in [0.15, 0.2) is 5.13 Å². The lowest BCUT2D eigenvalue weighted by molar-refractivity contribution is 0.668. The highest BCUT2D eigenvalue weighted by atomic mass is 32.1. The molecule has 0 radical (unpaired) electrons. The largest absolute Gasteiger partial charge is 0.456 e. The van der Waals surface area contributed by atoms with E-state index >= 15 is 0 Å². The van der Waals surface area contributed by atoms with Crippen molar-refractivity contribution in [3.05, 3.63) is 382 Å². The molecule has 9 heteroatoms. The molecule has 0 saturated carbocycles. The predicted octanol–water partition coefficient (Wildman–Crippen LogP) is 30.7. The van der Waals surface area contributed by atoms with Gasteiger partial charge in [-0.25, -0.2) is 9.97 Å². The Balaban J connectivity index is 0.000000139. The van der Waals surface area contributed by atoms with Gasteiger partial charge in [0, 0.05) is 93.4 Å². The summed E-state index contributed by atoms with van der Waals surface area (Å²) in [5.74, 6) is 0. The van der Waals surface area contributed by atoms with E-state index in [0.29, 0.717) is 0 Å². The molecule has 0 unspecified atom stereocenters. The fraction of sp³-hybridized carbons (Fsp3) is 0. The Morgan fingerprint density at radius 1 is 0.204 bits per heavy atom. The van der Waals surface area contributed by atoms with Crippen molar-refractivity contribution in [2.45, 2.75) is 0 Å². The number of para-hydroxylation sites is 8. The number of thiazole rings is 2. The number of furan rings is 4. The summed E-state index contributed by atoms with van der Waals surface area (Å²) < 4.78 is 27.3. The van der Waals surface area contributed by atoms with E-state index in [4.69, 9.17) is 27.6 Å². The first-order chi connectivity index (χ1) is 56.0. The number of fused-ring (bicyclic) bond motifs is 14. The maximum absolute atomic E-state index is 6.36. The molecule has 0 fully saturated rings. The van der Waals surface area contributed by atoms with Crippen LogP contribution in [0.15, 0.2) is 400 Å². The number of rotatable bonds is 12. The lowest BCUT2D eigenvalue weighted by Crippen LogP contribution is -2.09. The third-order valence-electron chi connectivity index (χ3n) is 22.0. The molecule has 6 heterocycles. The van der Waals surface area contributed by atoms with Crippen molar-refractivity contribution in [1.29, 1.82) is 0 Å². The van der Waals surface area contributed by atoms with Crippen molar-refractivity contribution in [2.24, 2.45) is 0 Å². The van der Waals surface area contributed by atoms with Crippen LogP contribution in [-0.4, -0.2) is 9.97 Å². The molecule has 530 valence electrons. The minimum atomic E-state index is 0.901. The first-order valence-electron chi connectivity index (χ1n) is 37.9. The summed E-state index contributed by atoms with van der Waals surface area (Å²) in [7, 11) is 0. The maximum atomic E-state index is 6.36. The van der Waals surface area contributed by atoms with Crippen molar-refractivity contribution in [3.8, 4) is 99.6 Å². The number of anilines is 3. The third-order valence-corrected chi connectivity index (χ3v) is 24.2. The zero-order valence-electron chi connectivity index (χ0n) is 60.7. The molecule has 0 aliphatic carbocycles. The highest BCUT2D eigenvalue weighted by Crippen LogP contribution is 2.49. The minimum absolute atomic E-state index is 0.901. The van der Waals surface area contributed by atoms with E-state index in [1.807, 2.05) is 48.5 Å². The summed E-state index contributed by atoms with van der Waals surface area (Å²) >= 11 is 3.48. The van der Waals surface area contributed by atoms with Crippen LogP contribution in [0.1, 0.15) is 0 Å². The van der Waals surface area contributed by atoms with Crippen LogP contribution in [0.25, 0.3) is 208 Å². The molecule has 0 spiro atoms. The minimum Gasteiger partial charge on any atom is -0.456 e. The van der Waals surface area contributed by atoms with Gasteiger partial charge in [-0.2, -0.15) is 0 Å². The number of benzene rings is 17. The fourth-order valence-electron chi connectivity index (χ4n) is 16.3. The molecule has 0 saturated heterocycles. The van der Waals surface area contributed by atoms with E-state index in [-0.39, 0.29) is 0 Å². The Hall–Kier alpha value is -14.5. The highest BCUT2D eigenvalue weighted by Gasteiger charge is 2.24. The van der Waals surface area contributed by atoms with E-state index in [1.165, 1.54) is 10.3 Å². The quantitative estimate of drug-likeness (QED) is 0.121. The van der Waals surface area contributed by atoms with Gasteiger partial charge in [-0.1, -0.05) is 321 Å². The van der Waals surface area contributed by atoms with Gasteiger partial charge in [0.2, 0.25) is 0 Å². The van der Waals surface area contributed by atoms with Gasteiger partial charge < -0.3 is 17.7 Å². The second-order valence-corrected chi connectivity index (χ2v) is 30.5. The molecule has 6 aromatic heterocycles. The summed E-state index contributed by atoms with van der Waals surface area (Å²) in [6.07, 6.45) is 0. The molecule has 113 heavy (non-hydrogen) atoms. The Morgan fingerprint density at radius 2 is 0.522 bits per heavy atom. The summed E-state index contributed by atoms with van der Waals surface area (Å²) in [5.41, 5.74) is 30.6. The zero-order chi connectivity index (χ0) is 74.5. The number of hydrogen-bond acceptors (Lipinski definition) is 9. The molecule has 0 bridgehead atoms. The summed E-state index contributed by atoms with van der Waals surface area (Å²) in [6, 6.07) is 135. The van der Waals surface area contributed by atoms with E-state index in [9.17, 15) is 0 Å². The van der Waals surface area contributed by atoms with E-state index in [0.717, 1.165) is 214 Å². The molecular weight excluding hydrogens is 1420 g/mol. The number of nitrogens with zero attached hydrogens (tertiary/aromatic N) is 3. The number of hydrogen-bond donors (Lipinski definition) is 0. The summed E-state index contributed by atoms with van der Waals surface area (Å²) in [5, 5.41) is 11.0. The third kappa shape index (κ3) is 11.6. The van der Waals surface area contributed by atoms with Gasteiger partial charge in [0.25, 0.3) is 0 Å². The topological polar surface area (TPSA) is 81.6 Å². The lowest BCUT2D eigenvalue weighted by atomic mass is 9.95. The van der Waals surface area contributed by atoms with Crippen LogP contribution in [0.3, 0.4) is 0 Å². The standard InChI is InChI=1S/C55H34N2O2S.C49H29NO2S/c1-3-11-41(12-4-1)57(42-13-5-2-6-14-42)55-56-53-43(37-23-19-35(20-24-37)39-27-31-51-47(33-39)45-15-7-9-17-49(45)58-51)29-30-44(54(53)60-55)38-25-21-36(22-26-38)40-28-32-52-48(34-40)46-16-8-10-18-50(46)59-52;1-2-10-34(11-3-1)49-50-45-35(30-20-22-31(23-21-30)36-14-8-16-41-39-12-4-6-18-43(39)51-46(36)41)28-29-38(48(45)53-49)33-26-24-32(25-27-33)37-15-9-17-42-40-13-5-7-19-44(40)52-47(37)42/h1-34H;1-29H. The average molecular weight is 1480 g/mol. The zero-order valence-corrected chi connectivity index (χ0v) is 62.3. The van der Waals surface area contributed by atoms with Crippen LogP contribution in [0.2, 0.25) is 0 Å². The summed E-state index contributed by atoms with van der Waals surface area (Å²) in [4.78, 5) is 13.1. The van der Waals surface area contributed by atoms with Gasteiger partial charge in [-0.3, -0.25) is 4.90 Å². The van der Waals surface area contributed by atoms with Gasteiger partial charge >= 0.3 is 0 Å². The average Bonchev–Trinajstić information content (AvgIpc) is 1.68. The maximum Gasteiger partial charge on any atom is 0.195 e. The van der Waals surface area contributed by atoms with Crippen molar-refractivity contribution >= 4 is 147 Å². The fourth-order valence-corrected chi connectivity index (χ4v) is 18.7. The second-order valence-electron chi connectivity index (χ2n) is 28.6. The van der Waals surface area contributed by atoms with Crippen LogP contribution >= 0.6 is 22.7 Å². The van der Waals surface area contributed by atoms with Gasteiger partial charge in [0.05, 0.1) is 20.4 Å². The highest BCUT2D eigenvalue weighted by molar-refractivity contribution is 7.23. The Kier molecular flexibility index (Phi) is 15.8. The lowest BCUT2D eigenvalue weighted by Gasteiger charge is -2.22. The van der Waals surface area contributed by atoms with Crippen molar-refractivity contribution in [3.63, 3.8) is 0 Å². The molecule has 23 rings (SSSR count). The van der Waals surface area contributed by atoms with Gasteiger partial charge in [-0.05, 0) is 128 Å². The monoisotopic (exact) mass is 1480 g/mol. The number of aromatic nitrogens is 2. The van der Waals surface area contributed by atoms with Crippen LogP contribution in [-0.2, 0) is 0 Å². The molecule has 0 N–H and O–H groups in total. The molecule has 7 nitrogen and oxygen atoms in total. The Bertz CT molecular complexity index is 7160.